The van der Waals surface area contributed by atoms with E-state index in [0.29, 0.717) is 0 Å². The van der Waals surface area contributed by atoms with E-state index < -0.39 is 5.60 Å². The van der Waals surface area contributed by atoms with Gasteiger partial charge in [0.25, 0.3) is 0 Å². The van der Waals surface area contributed by atoms with Gasteiger partial charge in [-0.15, -0.1) is 0 Å². The minimum Gasteiger partial charge on any atom is -0.388 e. The van der Waals surface area contributed by atoms with Crippen LogP contribution in [0.15, 0.2) is 0 Å². The van der Waals surface area contributed by atoms with Crippen molar-refractivity contribution in [1.29, 1.82) is 0 Å². The van der Waals surface area contributed by atoms with Gasteiger partial charge in [-0.1, -0.05) is 97.8 Å². The van der Waals surface area contributed by atoms with Gasteiger partial charge in [-0.3, -0.25) is 0 Å². The van der Waals surface area contributed by atoms with Crippen LogP contribution in [0, 0.1) is 0 Å². The molecule has 1 atom stereocenters. The van der Waals surface area contributed by atoms with Crippen molar-refractivity contribution in [3.63, 3.8) is 0 Å². The number of aliphatic hydroxyl groups is 1. The Balaban J connectivity index is 3.33. The van der Waals surface area contributed by atoms with Crippen molar-refractivity contribution >= 4 is 0 Å². The van der Waals surface area contributed by atoms with Crippen LogP contribution in [0.3, 0.4) is 0 Å². The zero-order valence-electron chi connectivity index (χ0n) is 15.7. The smallest absolute Gasteiger partial charge is 0.0792 e. The first kappa shape index (κ1) is 21.9. The molecule has 0 fully saturated rings. The summed E-state index contributed by atoms with van der Waals surface area (Å²) in [5.74, 6) is 0. The molecule has 0 heterocycles. The lowest BCUT2D eigenvalue weighted by molar-refractivity contribution is 0.00330. The van der Waals surface area contributed by atoms with Gasteiger partial charge in [-0.05, 0) is 19.3 Å². The molecule has 0 aromatic rings. The molecule has 0 saturated heterocycles. The van der Waals surface area contributed by atoms with Crippen molar-refractivity contribution in [1.82, 2.24) is 0 Å². The molecule has 0 bridgehead atoms. The number of rotatable bonds is 16. The standard InChI is InChI=1S/C20H43NO/c1-4-7-8-9-10-11-12-13-14-15-16-17-18-19(21)20(22,5-2)6-3/h19,22H,4-18,21H2,1-3H3. The monoisotopic (exact) mass is 313 g/mol. The van der Waals surface area contributed by atoms with E-state index in [1.165, 1.54) is 77.0 Å². The summed E-state index contributed by atoms with van der Waals surface area (Å²) in [6, 6.07) is -0.0504. The summed E-state index contributed by atoms with van der Waals surface area (Å²) in [6.45, 7) is 6.34. The average molecular weight is 314 g/mol. The number of hydrogen-bond donors (Lipinski definition) is 2. The summed E-state index contributed by atoms with van der Waals surface area (Å²) in [7, 11) is 0. The van der Waals surface area contributed by atoms with Crippen LogP contribution in [0.1, 0.15) is 117 Å². The molecule has 2 nitrogen and oxygen atoms in total. The van der Waals surface area contributed by atoms with Crippen LogP contribution in [-0.4, -0.2) is 16.7 Å². The SMILES string of the molecule is CCCCCCCCCCCCCCC(N)C(O)(CC)CC. The minimum absolute atomic E-state index is 0.0504. The molecule has 0 aliphatic rings. The van der Waals surface area contributed by atoms with Crippen molar-refractivity contribution in [2.24, 2.45) is 5.73 Å². The topological polar surface area (TPSA) is 46.2 Å². The van der Waals surface area contributed by atoms with Gasteiger partial charge < -0.3 is 10.8 Å². The summed E-state index contributed by atoms with van der Waals surface area (Å²) in [5.41, 5.74) is 5.51. The van der Waals surface area contributed by atoms with Gasteiger partial charge in [-0.2, -0.15) is 0 Å². The fourth-order valence-electron chi connectivity index (χ4n) is 3.25. The zero-order chi connectivity index (χ0) is 16.7. The normalized spacial score (nSPS) is 13.5. The molecule has 0 aliphatic carbocycles. The van der Waals surface area contributed by atoms with E-state index in [9.17, 15) is 5.11 Å². The highest BCUT2D eigenvalue weighted by molar-refractivity contribution is 4.86. The largest absolute Gasteiger partial charge is 0.388 e. The van der Waals surface area contributed by atoms with E-state index in [2.05, 4.69) is 6.92 Å². The van der Waals surface area contributed by atoms with Gasteiger partial charge in [0.15, 0.2) is 0 Å². The van der Waals surface area contributed by atoms with Gasteiger partial charge in [0, 0.05) is 6.04 Å². The van der Waals surface area contributed by atoms with Crippen LogP contribution in [0.4, 0.5) is 0 Å². The van der Waals surface area contributed by atoms with Gasteiger partial charge in [0.05, 0.1) is 5.60 Å². The van der Waals surface area contributed by atoms with E-state index in [1.807, 2.05) is 13.8 Å². The van der Waals surface area contributed by atoms with Crippen LogP contribution in [0.2, 0.25) is 0 Å². The second-order valence-corrected chi connectivity index (χ2v) is 7.09. The summed E-state index contributed by atoms with van der Waals surface area (Å²) >= 11 is 0. The lowest BCUT2D eigenvalue weighted by Crippen LogP contribution is -2.47. The summed E-state index contributed by atoms with van der Waals surface area (Å²) < 4.78 is 0. The van der Waals surface area contributed by atoms with Gasteiger partial charge in [-0.25, -0.2) is 0 Å². The molecule has 0 aliphatic heterocycles. The molecule has 3 N–H and O–H groups in total. The summed E-state index contributed by atoms with van der Waals surface area (Å²) in [5, 5.41) is 10.3. The summed E-state index contributed by atoms with van der Waals surface area (Å²) in [4.78, 5) is 0. The molecule has 1 unspecified atom stereocenters. The number of nitrogens with two attached hydrogens (primary N) is 1. The molecular weight excluding hydrogens is 270 g/mol. The van der Waals surface area contributed by atoms with Crippen LogP contribution < -0.4 is 5.73 Å². The molecule has 0 saturated carbocycles. The van der Waals surface area contributed by atoms with E-state index in [0.717, 1.165) is 19.3 Å². The molecule has 0 amide bonds. The van der Waals surface area contributed by atoms with Crippen molar-refractivity contribution in [3.05, 3.63) is 0 Å². The quantitative estimate of drug-likeness (QED) is 0.345. The maximum Gasteiger partial charge on any atom is 0.0792 e. The Hall–Kier alpha value is -0.0800. The highest BCUT2D eigenvalue weighted by Crippen LogP contribution is 2.22. The first-order valence-electron chi connectivity index (χ1n) is 10.1. The molecule has 134 valence electrons. The Kier molecular flexibility index (Phi) is 14.5. The number of unbranched alkanes of at least 4 members (excludes halogenated alkanes) is 11. The van der Waals surface area contributed by atoms with Crippen LogP contribution >= 0.6 is 0 Å². The van der Waals surface area contributed by atoms with Crippen LogP contribution in [-0.2, 0) is 0 Å². The lowest BCUT2D eigenvalue weighted by Gasteiger charge is -2.32. The summed E-state index contributed by atoms with van der Waals surface area (Å²) in [6.07, 6.45) is 18.9. The van der Waals surface area contributed by atoms with E-state index >= 15 is 0 Å². The van der Waals surface area contributed by atoms with Crippen LogP contribution in [0.25, 0.3) is 0 Å². The molecule has 0 spiro atoms. The zero-order valence-corrected chi connectivity index (χ0v) is 15.7. The Morgan fingerprint density at radius 2 is 1.05 bits per heavy atom. The molecule has 0 radical (unpaired) electrons. The van der Waals surface area contributed by atoms with Crippen molar-refractivity contribution < 1.29 is 5.11 Å². The van der Waals surface area contributed by atoms with E-state index in [1.54, 1.807) is 0 Å². The fraction of sp³-hybridized carbons (Fsp3) is 1.00. The molecule has 0 aromatic heterocycles. The predicted molar refractivity (Wildman–Crippen MR) is 99.2 cm³/mol. The fourth-order valence-corrected chi connectivity index (χ4v) is 3.25. The Labute approximate surface area is 140 Å². The maximum atomic E-state index is 10.3. The second-order valence-electron chi connectivity index (χ2n) is 7.09. The maximum absolute atomic E-state index is 10.3. The van der Waals surface area contributed by atoms with Crippen molar-refractivity contribution in [2.45, 2.75) is 129 Å². The van der Waals surface area contributed by atoms with Crippen molar-refractivity contribution in [3.8, 4) is 0 Å². The lowest BCUT2D eigenvalue weighted by atomic mass is 9.86. The van der Waals surface area contributed by atoms with E-state index in [-0.39, 0.29) is 6.04 Å². The third-order valence-corrected chi connectivity index (χ3v) is 5.28. The number of hydrogen-bond acceptors (Lipinski definition) is 2. The Morgan fingerprint density at radius 3 is 1.41 bits per heavy atom. The highest BCUT2D eigenvalue weighted by Gasteiger charge is 2.29. The van der Waals surface area contributed by atoms with Gasteiger partial charge in [0.1, 0.15) is 0 Å². The molecule has 2 heteroatoms. The van der Waals surface area contributed by atoms with Gasteiger partial charge >= 0.3 is 0 Å². The van der Waals surface area contributed by atoms with Crippen molar-refractivity contribution in [2.75, 3.05) is 0 Å². The molecular formula is C20H43NO. The van der Waals surface area contributed by atoms with Gasteiger partial charge in [0.2, 0.25) is 0 Å². The van der Waals surface area contributed by atoms with E-state index in [4.69, 9.17) is 5.73 Å². The predicted octanol–water partition coefficient (Wildman–Crippen LogP) is 5.96. The first-order chi connectivity index (χ1) is 10.6. The first-order valence-corrected chi connectivity index (χ1v) is 10.1. The third-order valence-electron chi connectivity index (χ3n) is 5.28. The average Bonchev–Trinajstić information content (AvgIpc) is 2.54. The molecule has 22 heavy (non-hydrogen) atoms. The molecule has 0 aromatic carbocycles. The Morgan fingerprint density at radius 1 is 0.682 bits per heavy atom. The molecule has 0 rings (SSSR count). The second kappa shape index (κ2) is 14.5. The van der Waals surface area contributed by atoms with Crippen LogP contribution in [0.5, 0.6) is 0 Å². The highest BCUT2D eigenvalue weighted by atomic mass is 16.3. The Bertz CT molecular complexity index is 226. The third kappa shape index (κ3) is 10.6. The minimum atomic E-state index is -0.641.